The molecule has 0 unspecified atom stereocenters. The summed E-state index contributed by atoms with van der Waals surface area (Å²) < 4.78 is 48.8. The summed E-state index contributed by atoms with van der Waals surface area (Å²) in [5.41, 5.74) is 0. The number of sulfonamides is 1. The van der Waals surface area contributed by atoms with Gasteiger partial charge in [-0.15, -0.1) is 0 Å². The highest BCUT2D eigenvalue weighted by molar-refractivity contribution is 7.90. The Hall–Kier alpha value is -1.00. The average molecular weight is 334 g/mol. The summed E-state index contributed by atoms with van der Waals surface area (Å²) in [7, 11) is -5.74. The van der Waals surface area contributed by atoms with Crippen molar-refractivity contribution in [3.63, 3.8) is 0 Å². The first-order chi connectivity index (χ1) is 9.64. The largest absolute Gasteiger partial charge is 0.390 e. The van der Waals surface area contributed by atoms with Gasteiger partial charge in [0.25, 0.3) is 0 Å². The van der Waals surface area contributed by atoms with Crippen LogP contribution in [0.1, 0.15) is 0 Å². The summed E-state index contributed by atoms with van der Waals surface area (Å²) >= 11 is 0. The van der Waals surface area contributed by atoms with Gasteiger partial charge in [0.15, 0.2) is 9.84 Å². The molecule has 0 radical (unpaired) electrons. The third kappa shape index (κ3) is 3.27. The molecule has 0 aromatic heterocycles. The predicted octanol–water partition coefficient (Wildman–Crippen LogP) is -0.957. The second-order valence-electron chi connectivity index (χ2n) is 5.06. The summed E-state index contributed by atoms with van der Waals surface area (Å²) in [5, 5.41) is 12.7. The molecule has 1 aliphatic rings. The van der Waals surface area contributed by atoms with Crippen LogP contribution in [0.2, 0.25) is 0 Å². The Morgan fingerprint density at radius 3 is 2.05 bits per heavy atom. The molecule has 0 aliphatic carbocycles. The zero-order valence-electron chi connectivity index (χ0n) is 11.7. The van der Waals surface area contributed by atoms with Gasteiger partial charge in [0, 0.05) is 26.4 Å². The van der Waals surface area contributed by atoms with Crippen LogP contribution >= 0.6 is 0 Å². The quantitative estimate of drug-likeness (QED) is 0.735. The molecule has 0 bridgehead atoms. The number of sulfone groups is 1. The monoisotopic (exact) mass is 334 g/mol. The predicted molar refractivity (Wildman–Crippen MR) is 77.2 cm³/mol. The van der Waals surface area contributed by atoms with Gasteiger partial charge in [-0.2, -0.15) is 4.31 Å². The lowest BCUT2D eigenvalue weighted by molar-refractivity contribution is 0.136. The first-order valence-electron chi connectivity index (χ1n) is 6.31. The summed E-state index contributed by atoms with van der Waals surface area (Å²) in [6.45, 7) is 0.718. The van der Waals surface area contributed by atoms with Crippen molar-refractivity contribution in [2.75, 3.05) is 26.4 Å². The molecule has 1 saturated heterocycles. The number of likely N-dealkylation sites (N-methyl/N-ethyl adjacent to an activating group) is 1. The zero-order chi connectivity index (χ0) is 15.8. The van der Waals surface area contributed by atoms with Gasteiger partial charge in [0.1, 0.15) is 0 Å². The van der Waals surface area contributed by atoms with Gasteiger partial charge < -0.3 is 10.4 Å². The van der Waals surface area contributed by atoms with Gasteiger partial charge in [-0.25, -0.2) is 16.8 Å². The summed E-state index contributed by atoms with van der Waals surface area (Å²) in [6.07, 6.45) is 0.295. The van der Waals surface area contributed by atoms with E-state index < -0.39 is 32.0 Å². The molecule has 1 aliphatic heterocycles. The van der Waals surface area contributed by atoms with E-state index in [2.05, 4.69) is 5.32 Å². The van der Waals surface area contributed by atoms with E-state index in [9.17, 15) is 21.9 Å². The topological polar surface area (TPSA) is 104 Å². The number of nitrogens with zero attached hydrogens (tertiary/aromatic N) is 1. The number of rotatable bonds is 4. The minimum atomic E-state index is -3.78. The Labute approximate surface area is 124 Å². The number of benzene rings is 1. The fourth-order valence-corrected chi connectivity index (χ4v) is 4.24. The molecule has 1 fully saturated rings. The van der Waals surface area contributed by atoms with Crippen molar-refractivity contribution in [1.29, 1.82) is 0 Å². The Balaban J connectivity index is 2.31. The van der Waals surface area contributed by atoms with Crippen LogP contribution in [-0.2, 0) is 19.9 Å². The minimum absolute atomic E-state index is 0.00324. The molecule has 2 rings (SSSR count). The van der Waals surface area contributed by atoms with Crippen LogP contribution in [-0.4, -0.2) is 64.8 Å². The van der Waals surface area contributed by atoms with Crippen LogP contribution in [0.15, 0.2) is 34.1 Å². The first-order valence-corrected chi connectivity index (χ1v) is 9.64. The second-order valence-corrected chi connectivity index (χ2v) is 9.07. The fourth-order valence-electron chi connectivity index (χ4n) is 2.23. The third-order valence-electron chi connectivity index (χ3n) is 3.55. The van der Waals surface area contributed by atoms with E-state index in [1.165, 1.54) is 31.3 Å². The molecule has 118 valence electrons. The van der Waals surface area contributed by atoms with Gasteiger partial charge in [-0.1, -0.05) is 0 Å². The normalized spacial score (nSPS) is 23.6. The highest BCUT2D eigenvalue weighted by Crippen LogP contribution is 2.21. The number of hydrogen-bond acceptors (Lipinski definition) is 6. The van der Waals surface area contributed by atoms with Gasteiger partial charge >= 0.3 is 0 Å². The summed E-state index contributed by atoms with van der Waals surface area (Å²) in [6, 6.07) is 4.51. The van der Waals surface area contributed by atoms with Crippen LogP contribution in [0.4, 0.5) is 0 Å². The number of aliphatic hydroxyl groups is 1. The summed E-state index contributed by atoms with van der Waals surface area (Å²) in [5.74, 6) is 0. The minimum Gasteiger partial charge on any atom is -0.390 e. The maximum Gasteiger partial charge on any atom is 0.243 e. The van der Waals surface area contributed by atoms with E-state index in [4.69, 9.17) is 0 Å². The number of aliphatic hydroxyl groups excluding tert-OH is 1. The SMILES string of the molecule is CN([C@H]1CNC[C@@H]1O)S(=O)(=O)c1ccc(S(C)(=O)=O)cc1. The standard InChI is InChI=1S/C12H18N2O5S2/c1-14(11-7-13-8-12(11)15)21(18,19)10-5-3-9(4-6-10)20(2,16)17/h3-6,11-13,15H,7-8H2,1-2H3/t11-,12-/m0/s1. The van der Waals surface area contributed by atoms with Gasteiger partial charge in [0.2, 0.25) is 10.0 Å². The van der Waals surface area contributed by atoms with Crippen LogP contribution in [0.3, 0.4) is 0 Å². The smallest absolute Gasteiger partial charge is 0.243 e. The number of nitrogens with one attached hydrogen (secondary N) is 1. The Morgan fingerprint density at radius 2 is 1.62 bits per heavy atom. The maximum absolute atomic E-state index is 12.5. The van der Waals surface area contributed by atoms with Crippen LogP contribution in [0.25, 0.3) is 0 Å². The molecule has 21 heavy (non-hydrogen) atoms. The van der Waals surface area contributed by atoms with Crippen LogP contribution < -0.4 is 5.32 Å². The van der Waals surface area contributed by atoms with Gasteiger partial charge in [-0.05, 0) is 24.3 Å². The number of hydrogen-bond donors (Lipinski definition) is 2. The summed E-state index contributed by atoms with van der Waals surface area (Å²) in [4.78, 5) is 0.0585. The van der Waals surface area contributed by atoms with Crippen molar-refractivity contribution in [1.82, 2.24) is 9.62 Å². The van der Waals surface area contributed by atoms with Crippen molar-refractivity contribution < 1.29 is 21.9 Å². The molecular formula is C12H18N2O5S2. The van der Waals surface area contributed by atoms with E-state index in [1.807, 2.05) is 0 Å². The average Bonchev–Trinajstić information content (AvgIpc) is 2.83. The van der Waals surface area contributed by atoms with E-state index in [-0.39, 0.29) is 9.79 Å². The molecule has 2 N–H and O–H groups in total. The van der Waals surface area contributed by atoms with Crippen molar-refractivity contribution in [3.05, 3.63) is 24.3 Å². The van der Waals surface area contributed by atoms with Crippen LogP contribution in [0.5, 0.6) is 0 Å². The molecule has 0 saturated carbocycles. The lowest BCUT2D eigenvalue weighted by atomic mass is 10.2. The Morgan fingerprint density at radius 1 is 1.10 bits per heavy atom. The lowest BCUT2D eigenvalue weighted by Gasteiger charge is -2.25. The molecule has 1 aromatic carbocycles. The molecular weight excluding hydrogens is 316 g/mol. The Bertz CT molecular complexity index is 713. The van der Waals surface area contributed by atoms with Crippen molar-refractivity contribution in [2.45, 2.75) is 21.9 Å². The van der Waals surface area contributed by atoms with Crippen molar-refractivity contribution in [2.24, 2.45) is 0 Å². The first kappa shape index (κ1) is 16.4. The van der Waals surface area contributed by atoms with Crippen molar-refractivity contribution >= 4 is 19.9 Å². The van der Waals surface area contributed by atoms with Gasteiger partial charge in [0.05, 0.1) is 21.9 Å². The lowest BCUT2D eigenvalue weighted by Crippen LogP contribution is -2.44. The van der Waals surface area contributed by atoms with E-state index in [1.54, 1.807) is 0 Å². The third-order valence-corrected chi connectivity index (χ3v) is 6.57. The highest BCUT2D eigenvalue weighted by atomic mass is 32.2. The number of β-amino-alcohol motifs (C(OH)–C–C–N with tert-alkyl or cyclic N) is 1. The maximum atomic E-state index is 12.5. The Kier molecular flexibility index (Phi) is 4.41. The van der Waals surface area contributed by atoms with Crippen molar-refractivity contribution in [3.8, 4) is 0 Å². The second kappa shape index (κ2) is 5.65. The van der Waals surface area contributed by atoms with Crippen LogP contribution in [0, 0.1) is 0 Å². The molecule has 2 atom stereocenters. The van der Waals surface area contributed by atoms with Gasteiger partial charge in [-0.3, -0.25) is 0 Å². The molecule has 0 amide bonds. The van der Waals surface area contributed by atoms with E-state index in [0.717, 1.165) is 10.6 Å². The molecule has 7 nitrogen and oxygen atoms in total. The molecule has 1 heterocycles. The van der Waals surface area contributed by atoms with E-state index >= 15 is 0 Å². The molecule has 1 aromatic rings. The van der Waals surface area contributed by atoms with E-state index in [0.29, 0.717) is 13.1 Å². The fraction of sp³-hybridized carbons (Fsp3) is 0.500. The molecule has 9 heteroatoms. The highest BCUT2D eigenvalue weighted by Gasteiger charge is 2.35. The molecule has 0 spiro atoms. The zero-order valence-corrected chi connectivity index (χ0v) is 13.4.